The molecular formula is C24H30N2O3. The highest BCUT2D eigenvalue weighted by Crippen LogP contribution is 2.24. The molecule has 1 heterocycles. The highest BCUT2D eigenvalue weighted by Gasteiger charge is 2.24. The van der Waals surface area contributed by atoms with Crippen molar-refractivity contribution in [1.82, 2.24) is 10.2 Å². The second-order valence-corrected chi connectivity index (χ2v) is 7.79. The maximum Gasteiger partial charge on any atom is 0.251 e. The van der Waals surface area contributed by atoms with Crippen LogP contribution in [0.4, 0.5) is 0 Å². The molecular weight excluding hydrogens is 364 g/mol. The third-order valence-corrected chi connectivity index (χ3v) is 5.45. The van der Waals surface area contributed by atoms with Gasteiger partial charge in [-0.15, -0.1) is 0 Å². The fourth-order valence-electron chi connectivity index (χ4n) is 3.60. The minimum Gasteiger partial charge on any atom is -0.490 e. The third-order valence-electron chi connectivity index (χ3n) is 5.45. The fourth-order valence-corrected chi connectivity index (χ4v) is 3.60. The summed E-state index contributed by atoms with van der Waals surface area (Å²) in [6, 6.07) is 13.7. The average Bonchev–Trinajstić information content (AvgIpc) is 2.71. The number of carbonyl (C=O) groups is 2. The van der Waals surface area contributed by atoms with Gasteiger partial charge in [0.15, 0.2) is 0 Å². The zero-order valence-electron chi connectivity index (χ0n) is 17.5. The van der Waals surface area contributed by atoms with E-state index in [1.54, 1.807) is 6.07 Å². The van der Waals surface area contributed by atoms with Crippen molar-refractivity contribution < 1.29 is 14.3 Å². The SMILES string of the molecule is Cc1ccc(C)c(OC2CCN(C(=O)CCNC(=O)c3ccccc3C)CC2)c1. The van der Waals surface area contributed by atoms with Crippen LogP contribution in [0, 0.1) is 20.8 Å². The van der Waals surface area contributed by atoms with Crippen LogP contribution in [0.1, 0.15) is 46.3 Å². The summed E-state index contributed by atoms with van der Waals surface area (Å²) in [4.78, 5) is 26.6. The van der Waals surface area contributed by atoms with E-state index in [9.17, 15) is 9.59 Å². The summed E-state index contributed by atoms with van der Waals surface area (Å²) in [5.74, 6) is 0.894. The van der Waals surface area contributed by atoms with Gasteiger partial charge in [0.2, 0.25) is 5.91 Å². The molecule has 0 bridgehead atoms. The number of nitrogens with one attached hydrogen (secondary N) is 1. The zero-order valence-corrected chi connectivity index (χ0v) is 17.5. The highest BCUT2D eigenvalue weighted by molar-refractivity contribution is 5.95. The Morgan fingerprint density at radius 3 is 2.48 bits per heavy atom. The van der Waals surface area contributed by atoms with E-state index in [4.69, 9.17) is 4.74 Å². The molecule has 0 saturated carbocycles. The van der Waals surface area contributed by atoms with Crippen molar-refractivity contribution in [1.29, 1.82) is 0 Å². The van der Waals surface area contributed by atoms with Gasteiger partial charge in [-0.3, -0.25) is 9.59 Å². The molecule has 0 atom stereocenters. The summed E-state index contributed by atoms with van der Waals surface area (Å²) < 4.78 is 6.17. The molecule has 5 nitrogen and oxygen atoms in total. The number of hydrogen-bond acceptors (Lipinski definition) is 3. The average molecular weight is 395 g/mol. The molecule has 0 unspecified atom stereocenters. The first-order valence-electron chi connectivity index (χ1n) is 10.3. The lowest BCUT2D eigenvalue weighted by atomic mass is 10.1. The number of likely N-dealkylation sites (tertiary alicyclic amines) is 1. The van der Waals surface area contributed by atoms with Crippen LogP contribution in [0.25, 0.3) is 0 Å². The standard InChI is InChI=1S/C24H30N2O3/c1-17-8-9-19(3)22(16-17)29-20-11-14-26(15-12-20)23(27)10-13-25-24(28)21-7-5-4-6-18(21)2/h4-9,16,20H,10-15H2,1-3H3,(H,25,28). The number of hydrogen-bond donors (Lipinski definition) is 1. The van der Waals surface area contributed by atoms with Crippen LogP contribution >= 0.6 is 0 Å². The van der Waals surface area contributed by atoms with E-state index >= 15 is 0 Å². The van der Waals surface area contributed by atoms with Gasteiger partial charge in [0.05, 0.1) is 0 Å². The first-order valence-corrected chi connectivity index (χ1v) is 10.3. The molecule has 0 spiro atoms. The lowest BCUT2D eigenvalue weighted by Gasteiger charge is -2.32. The largest absolute Gasteiger partial charge is 0.490 e. The van der Waals surface area contributed by atoms with Crippen molar-refractivity contribution in [3.05, 3.63) is 64.7 Å². The quantitative estimate of drug-likeness (QED) is 0.811. The van der Waals surface area contributed by atoms with Crippen LogP contribution in [-0.4, -0.2) is 42.5 Å². The van der Waals surface area contributed by atoms with E-state index < -0.39 is 0 Å². The normalized spacial score (nSPS) is 14.5. The van der Waals surface area contributed by atoms with E-state index in [1.165, 1.54) is 5.56 Å². The number of aryl methyl sites for hydroxylation is 3. The van der Waals surface area contributed by atoms with Gasteiger partial charge in [-0.1, -0.05) is 30.3 Å². The summed E-state index contributed by atoms with van der Waals surface area (Å²) in [5, 5.41) is 2.85. The Bertz CT molecular complexity index is 870. The second-order valence-electron chi connectivity index (χ2n) is 7.79. The van der Waals surface area contributed by atoms with Crippen molar-refractivity contribution in [3.8, 4) is 5.75 Å². The Hall–Kier alpha value is -2.82. The summed E-state index contributed by atoms with van der Waals surface area (Å²) in [6.45, 7) is 7.76. The number of amides is 2. The minimum absolute atomic E-state index is 0.0836. The van der Waals surface area contributed by atoms with Gasteiger partial charge >= 0.3 is 0 Å². The Labute approximate surface area is 173 Å². The topological polar surface area (TPSA) is 58.6 Å². The summed E-state index contributed by atoms with van der Waals surface area (Å²) in [6.07, 6.45) is 2.11. The summed E-state index contributed by atoms with van der Waals surface area (Å²) in [5.41, 5.74) is 3.91. The molecule has 1 aliphatic heterocycles. The van der Waals surface area contributed by atoms with Crippen LogP contribution in [-0.2, 0) is 4.79 Å². The monoisotopic (exact) mass is 394 g/mol. The van der Waals surface area contributed by atoms with Crippen LogP contribution in [0.15, 0.2) is 42.5 Å². The number of carbonyl (C=O) groups excluding carboxylic acids is 2. The number of ether oxygens (including phenoxy) is 1. The molecule has 0 radical (unpaired) electrons. The number of piperidine rings is 1. The Morgan fingerprint density at radius 2 is 1.76 bits per heavy atom. The molecule has 3 rings (SSSR count). The molecule has 0 aromatic heterocycles. The van der Waals surface area contributed by atoms with Gasteiger partial charge in [-0.2, -0.15) is 0 Å². The fraction of sp³-hybridized carbons (Fsp3) is 0.417. The van der Waals surface area contributed by atoms with Crippen molar-refractivity contribution in [2.45, 2.75) is 46.1 Å². The summed E-state index contributed by atoms with van der Waals surface area (Å²) >= 11 is 0. The molecule has 5 heteroatoms. The maximum absolute atomic E-state index is 12.5. The lowest BCUT2D eigenvalue weighted by Crippen LogP contribution is -2.42. The van der Waals surface area contributed by atoms with Gasteiger partial charge in [0.1, 0.15) is 11.9 Å². The maximum atomic E-state index is 12.5. The minimum atomic E-state index is -0.128. The molecule has 29 heavy (non-hydrogen) atoms. The van der Waals surface area contributed by atoms with Crippen LogP contribution in [0.3, 0.4) is 0 Å². The van der Waals surface area contributed by atoms with Crippen LogP contribution in [0.5, 0.6) is 5.75 Å². The van der Waals surface area contributed by atoms with Crippen molar-refractivity contribution >= 4 is 11.8 Å². The second kappa shape index (κ2) is 9.59. The smallest absolute Gasteiger partial charge is 0.251 e. The van der Waals surface area contributed by atoms with Gasteiger partial charge in [-0.25, -0.2) is 0 Å². The van der Waals surface area contributed by atoms with Crippen molar-refractivity contribution in [2.75, 3.05) is 19.6 Å². The van der Waals surface area contributed by atoms with Gasteiger partial charge in [0.25, 0.3) is 5.91 Å². The van der Waals surface area contributed by atoms with Gasteiger partial charge in [0, 0.05) is 44.5 Å². The van der Waals surface area contributed by atoms with Crippen molar-refractivity contribution in [3.63, 3.8) is 0 Å². The zero-order chi connectivity index (χ0) is 20.8. The number of rotatable bonds is 6. The molecule has 2 aromatic carbocycles. The third kappa shape index (κ3) is 5.59. The highest BCUT2D eigenvalue weighted by atomic mass is 16.5. The first-order chi connectivity index (χ1) is 13.9. The Morgan fingerprint density at radius 1 is 1.03 bits per heavy atom. The predicted molar refractivity (Wildman–Crippen MR) is 114 cm³/mol. The Balaban J connectivity index is 1.41. The Kier molecular flexibility index (Phi) is 6.91. The lowest BCUT2D eigenvalue weighted by molar-refractivity contribution is -0.132. The van der Waals surface area contributed by atoms with Crippen LogP contribution in [0.2, 0.25) is 0 Å². The first kappa shape index (κ1) is 20.9. The molecule has 154 valence electrons. The van der Waals surface area contributed by atoms with Gasteiger partial charge in [-0.05, 0) is 49.6 Å². The van der Waals surface area contributed by atoms with E-state index in [1.807, 2.05) is 30.0 Å². The molecule has 2 amide bonds. The van der Waals surface area contributed by atoms with Crippen LogP contribution < -0.4 is 10.1 Å². The molecule has 1 N–H and O–H groups in total. The van der Waals surface area contributed by atoms with E-state index in [0.717, 1.165) is 29.7 Å². The van der Waals surface area contributed by atoms with E-state index in [-0.39, 0.29) is 17.9 Å². The van der Waals surface area contributed by atoms with Crippen molar-refractivity contribution in [2.24, 2.45) is 0 Å². The van der Waals surface area contributed by atoms with Gasteiger partial charge < -0.3 is 15.0 Å². The molecule has 1 fully saturated rings. The number of benzene rings is 2. The number of nitrogens with zero attached hydrogens (tertiary/aromatic N) is 1. The molecule has 1 aliphatic rings. The molecule has 2 aromatic rings. The summed E-state index contributed by atoms with van der Waals surface area (Å²) in [7, 11) is 0. The molecule has 0 aliphatic carbocycles. The molecule has 1 saturated heterocycles. The van der Waals surface area contributed by atoms with E-state index in [2.05, 4.69) is 37.4 Å². The predicted octanol–water partition coefficient (Wildman–Crippen LogP) is 3.80. The van der Waals surface area contributed by atoms with E-state index in [0.29, 0.717) is 31.6 Å².